The molecule has 1 atom stereocenters. The molecule has 19 heavy (non-hydrogen) atoms. The van der Waals surface area contributed by atoms with Crippen molar-refractivity contribution in [2.45, 2.75) is 32.9 Å². The van der Waals surface area contributed by atoms with Crippen LogP contribution >= 0.6 is 0 Å². The molecule has 1 aromatic carbocycles. The molecule has 2 aromatic rings. The van der Waals surface area contributed by atoms with E-state index in [1.54, 1.807) is 0 Å². The van der Waals surface area contributed by atoms with E-state index < -0.39 is 6.04 Å². The van der Waals surface area contributed by atoms with Crippen LogP contribution in [-0.2, 0) is 17.8 Å². The predicted molar refractivity (Wildman–Crippen MR) is 74.7 cm³/mol. The molecule has 0 aliphatic heterocycles. The topological polar surface area (TPSA) is 60.9 Å². The fraction of sp³-hybridized carbons (Fsp3) is 0.333. The van der Waals surface area contributed by atoms with Crippen molar-refractivity contribution in [3.05, 3.63) is 53.3 Å². The lowest BCUT2D eigenvalue weighted by Gasteiger charge is -2.11. The second-order valence-electron chi connectivity index (χ2n) is 4.62. The smallest absolute Gasteiger partial charge is 0.159 e. The van der Waals surface area contributed by atoms with E-state index in [0.29, 0.717) is 6.42 Å². The minimum atomic E-state index is -0.568. The van der Waals surface area contributed by atoms with Crippen molar-refractivity contribution in [3.8, 4) is 0 Å². The quantitative estimate of drug-likeness (QED) is 0.891. The Kier molecular flexibility index (Phi) is 4.12. The van der Waals surface area contributed by atoms with Crippen LogP contribution in [0.2, 0.25) is 0 Å². The van der Waals surface area contributed by atoms with E-state index in [9.17, 15) is 4.79 Å². The Morgan fingerprint density at radius 3 is 2.68 bits per heavy atom. The number of hydrogen-bond acceptors (Lipinski definition) is 3. The number of rotatable bonds is 5. The van der Waals surface area contributed by atoms with Gasteiger partial charge in [-0.05, 0) is 25.5 Å². The van der Waals surface area contributed by atoms with Gasteiger partial charge in [-0.25, -0.2) is 0 Å². The minimum Gasteiger partial charge on any atom is -0.318 e. The number of nitrogens with two attached hydrogens (primary N) is 1. The predicted octanol–water partition coefficient (Wildman–Crippen LogP) is 2.02. The van der Waals surface area contributed by atoms with Crippen LogP contribution in [0.4, 0.5) is 0 Å². The Balaban J connectivity index is 2.13. The highest BCUT2D eigenvalue weighted by atomic mass is 16.1. The summed E-state index contributed by atoms with van der Waals surface area (Å²) in [6.07, 6.45) is 0.324. The van der Waals surface area contributed by atoms with Gasteiger partial charge in [-0.3, -0.25) is 9.48 Å². The molecule has 0 aliphatic rings. The molecule has 100 valence electrons. The second-order valence-corrected chi connectivity index (χ2v) is 4.62. The number of carbonyl (C=O) groups is 1. The molecule has 2 N–H and O–H groups in total. The molecule has 0 aliphatic carbocycles. The first-order chi connectivity index (χ1) is 9.11. The van der Waals surface area contributed by atoms with Crippen LogP contribution in [0.3, 0.4) is 0 Å². The first-order valence-electron chi connectivity index (χ1n) is 6.48. The van der Waals surface area contributed by atoms with Crippen molar-refractivity contribution in [2.24, 2.45) is 5.73 Å². The van der Waals surface area contributed by atoms with E-state index in [4.69, 9.17) is 5.73 Å². The molecule has 4 heteroatoms. The summed E-state index contributed by atoms with van der Waals surface area (Å²) < 4.78 is 1.85. The van der Waals surface area contributed by atoms with Crippen molar-refractivity contribution in [1.29, 1.82) is 0 Å². The van der Waals surface area contributed by atoms with E-state index in [2.05, 4.69) is 5.10 Å². The molecule has 4 nitrogen and oxygen atoms in total. The number of ketones is 1. The van der Waals surface area contributed by atoms with Gasteiger partial charge in [-0.1, -0.05) is 30.3 Å². The molecule has 0 bridgehead atoms. The third-order valence-electron chi connectivity index (χ3n) is 3.15. The van der Waals surface area contributed by atoms with Crippen LogP contribution in [0.15, 0.2) is 36.4 Å². The largest absolute Gasteiger partial charge is 0.318 e. The van der Waals surface area contributed by atoms with Gasteiger partial charge >= 0.3 is 0 Å². The number of hydrogen-bond donors (Lipinski definition) is 1. The molecule has 0 radical (unpaired) electrons. The number of Topliss-reactive ketones (excluding diaryl/α,β-unsaturated/α-hetero) is 1. The fourth-order valence-electron chi connectivity index (χ4n) is 2.15. The van der Waals surface area contributed by atoms with Crippen LogP contribution in [0.25, 0.3) is 0 Å². The molecule has 0 amide bonds. The van der Waals surface area contributed by atoms with Crippen LogP contribution in [0, 0.1) is 6.92 Å². The number of carbonyl (C=O) groups excluding carboxylic acids is 1. The van der Waals surface area contributed by atoms with Gasteiger partial charge < -0.3 is 5.73 Å². The maximum Gasteiger partial charge on any atom is 0.159 e. The molecule has 2 rings (SSSR count). The average Bonchev–Trinajstić information content (AvgIpc) is 2.78. The van der Waals surface area contributed by atoms with E-state index in [1.165, 1.54) is 0 Å². The van der Waals surface area contributed by atoms with Crippen LogP contribution in [-0.4, -0.2) is 15.6 Å². The van der Waals surface area contributed by atoms with Crippen molar-refractivity contribution < 1.29 is 4.79 Å². The van der Waals surface area contributed by atoms with Gasteiger partial charge in [0.1, 0.15) is 0 Å². The van der Waals surface area contributed by atoms with Crippen LogP contribution < -0.4 is 5.73 Å². The maximum atomic E-state index is 12.2. The summed E-state index contributed by atoms with van der Waals surface area (Å²) in [7, 11) is 0. The van der Waals surface area contributed by atoms with Gasteiger partial charge in [0.15, 0.2) is 5.78 Å². The van der Waals surface area contributed by atoms with Crippen molar-refractivity contribution in [1.82, 2.24) is 9.78 Å². The van der Waals surface area contributed by atoms with E-state index in [1.807, 2.05) is 54.9 Å². The third kappa shape index (κ3) is 3.09. The van der Waals surface area contributed by atoms with Gasteiger partial charge in [0.2, 0.25) is 0 Å². The number of aromatic nitrogens is 2. The zero-order chi connectivity index (χ0) is 13.8. The van der Waals surface area contributed by atoms with Gasteiger partial charge in [0, 0.05) is 12.2 Å². The molecule has 0 spiro atoms. The van der Waals surface area contributed by atoms with E-state index in [0.717, 1.165) is 23.5 Å². The molecule has 0 saturated carbocycles. The summed E-state index contributed by atoms with van der Waals surface area (Å²) in [5.74, 6) is 0.0146. The molecular formula is C15H19N3O. The van der Waals surface area contributed by atoms with Crippen LogP contribution in [0.1, 0.15) is 29.9 Å². The van der Waals surface area contributed by atoms with Gasteiger partial charge in [0.05, 0.1) is 18.2 Å². The highest BCUT2D eigenvalue weighted by Crippen LogP contribution is 2.14. The Labute approximate surface area is 113 Å². The van der Waals surface area contributed by atoms with Crippen molar-refractivity contribution in [3.63, 3.8) is 0 Å². The van der Waals surface area contributed by atoms with Crippen LogP contribution in [0.5, 0.6) is 0 Å². The summed E-state index contributed by atoms with van der Waals surface area (Å²) >= 11 is 0. The number of aryl methyl sites for hydroxylation is 2. The molecule has 1 unspecified atom stereocenters. The molecule has 0 fully saturated rings. The van der Waals surface area contributed by atoms with E-state index in [-0.39, 0.29) is 5.78 Å². The van der Waals surface area contributed by atoms with Gasteiger partial charge in [-0.15, -0.1) is 0 Å². The normalized spacial score (nSPS) is 12.4. The molecule has 1 aromatic heterocycles. The Morgan fingerprint density at radius 1 is 1.37 bits per heavy atom. The Hall–Kier alpha value is -1.94. The maximum absolute atomic E-state index is 12.2. The van der Waals surface area contributed by atoms with Crippen molar-refractivity contribution >= 4 is 5.78 Å². The fourth-order valence-corrected chi connectivity index (χ4v) is 2.15. The highest BCUT2D eigenvalue weighted by molar-refractivity contribution is 5.86. The monoisotopic (exact) mass is 257 g/mol. The Bertz CT molecular complexity index is 560. The second kappa shape index (κ2) is 5.80. The average molecular weight is 257 g/mol. The first-order valence-corrected chi connectivity index (χ1v) is 6.48. The number of nitrogens with zero attached hydrogens (tertiary/aromatic N) is 2. The SMILES string of the molecule is CCn1nc(C)cc1CC(=O)C(N)c1ccccc1. The summed E-state index contributed by atoms with van der Waals surface area (Å²) in [6, 6.07) is 10.8. The summed E-state index contributed by atoms with van der Waals surface area (Å²) in [5.41, 5.74) is 8.71. The molecule has 0 saturated heterocycles. The van der Waals surface area contributed by atoms with Gasteiger partial charge in [0.25, 0.3) is 0 Å². The summed E-state index contributed by atoms with van der Waals surface area (Å²) in [6.45, 7) is 4.70. The molecule has 1 heterocycles. The Morgan fingerprint density at radius 2 is 2.05 bits per heavy atom. The standard InChI is InChI=1S/C15H19N3O/c1-3-18-13(9-11(2)17-18)10-14(19)15(16)12-7-5-4-6-8-12/h4-9,15H,3,10,16H2,1-2H3. The van der Waals surface area contributed by atoms with Crippen molar-refractivity contribution in [2.75, 3.05) is 0 Å². The summed E-state index contributed by atoms with van der Waals surface area (Å²) in [5, 5.41) is 4.34. The van der Waals surface area contributed by atoms with Gasteiger partial charge in [-0.2, -0.15) is 5.10 Å². The lowest BCUT2D eigenvalue weighted by molar-refractivity contribution is -0.119. The first kappa shape index (κ1) is 13.5. The zero-order valence-electron chi connectivity index (χ0n) is 11.3. The summed E-state index contributed by atoms with van der Waals surface area (Å²) in [4.78, 5) is 12.2. The number of benzene rings is 1. The highest BCUT2D eigenvalue weighted by Gasteiger charge is 2.18. The van der Waals surface area contributed by atoms with E-state index >= 15 is 0 Å². The lowest BCUT2D eigenvalue weighted by atomic mass is 10.0. The molecular weight excluding hydrogens is 238 g/mol. The minimum absolute atomic E-state index is 0.0146. The lowest BCUT2D eigenvalue weighted by Crippen LogP contribution is -2.24. The zero-order valence-corrected chi connectivity index (χ0v) is 11.3. The third-order valence-corrected chi connectivity index (χ3v) is 3.15.